The Labute approximate surface area is 92.6 Å². The summed E-state index contributed by atoms with van der Waals surface area (Å²) in [5.41, 5.74) is 0. The van der Waals surface area contributed by atoms with Crippen LogP contribution in [0.3, 0.4) is 0 Å². The lowest BCUT2D eigenvalue weighted by molar-refractivity contribution is -0.143. The van der Waals surface area contributed by atoms with E-state index in [4.69, 9.17) is 5.11 Å². The summed E-state index contributed by atoms with van der Waals surface area (Å²) >= 11 is 1.90. The number of ether oxygens (including phenoxy) is 1. The Morgan fingerprint density at radius 1 is 1.47 bits per heavy atom. The average Bonchev–Trinajstić information content (AvgIpc) is 2.66. The summed E-state index contributed by atoms with van der Waals surface area (Å²) in [6.45, 7) is 0.0706. The molecule has 1 amide bonds. The molecule has 1 saturated heterocycles. The van der Waals surface area contributed by atoms with Crippen LogP contribution in [0.4, 0.5) is 0 Å². The van der Waals surface area contributed by atoms with Gasteiger partial charge in [0, 0.05) is 6.54 Å². The summed E-state index contributed by atoms with van der Waals surface area (Å²) < 4.78 is 4.66. The molecule has 1 rings (SSSR count). The molecule has 0 aromatic carbocycles. The van der Waals surface area contributed by atoms with E-state index in [1.165, 1.54) is 0 Å². The van der Waals surface area contributed by atoms with E-state index >= 15 is 0 Å². The molecule has 0 bridgehead atoms. The number of carboxylic acids is 1. The minimum atomic E-state index is -1.06. The number of aliphatic carboxylic acids is 1. The van der Waals surface area contributed by atoms with E-state index in [1.807, 2.05) is 11.8 Å². The molecule has 0 spiro atoms. The average molecular weight is 233 g/mol. The van der Waals surface area contributed by atoms with Crippen LogP contribution in [0.2, 0.25) is 0 Å². The van der Waals surface area contributed by atoms with E-state index in [-0.39, 0.29) is 12.5 Å². The van der Waals surface area contributed by atoms with Gasteiger partial charge in [0.05, 0.1) is 0 Å². The highest BCUT2D eigenvalue weighted by Crippen LogP contribution is 2.22. The van der Waals surface area contributed by atoms with Crippen LogP contribution in [0.5, 0.6) is 0 Å². The van der Waals surface area contributed by atoms with Gasteiger partial charge in [0.15, 0.2) is 0 Å². The number of carbonyl (C=O) groups is 2. The molecule has 5 nitrogen and oxygen atoms in total. The standard InChI is InChI=1S/C9H15NO4S/c11-8(4-14-5-9(12)13)10-3-7-1-2-15-6-7/h7H,1-6H2,(H,10,11)(H,12,13). The first kappa shape index (κ1) is 12.3. The Kier molecular flexibility index (Phi) is 5.49. The molecule has 1 aliphatic heterocycles. The number of thioether (sulfide) groups is 1. The monoisotopic (exact) mass is 233 g/mol. The van der Waals surface area contributed by atoms with E-state index in [9.17, 15) is 9.59 Å². The second-order valence-electron chi connectivity index (χ2n) is 3.42. The van der Waals surface area contributed by atoms with Crippen LogP contribution in [0.15, 0.2) is 0 Å². The zero-order valence-electron chi connectivity index (χ0n) is 8.40. The molecule has 1 aliphatic rings. The van der Waals surface area contributed by atoms with Crippen molar-refractivity contribution in [3.05, 3.63) is 0 Å². The number of hydrogen-bond donors (Lipinski definition) is 2. The van der Waals surface area contributed by atoms with Gasteiger partial charge in [0.2, 0.25) is 5.91 Å². The van der Waals surface area contributed by atoms with Gasteiger partial charge in [-0.3, -0.25) is 4.79 Å². The van der Waals surface area contributed by atoms with Crippen molar-refractivity contribution in [2.45, 2.75) is 6.42 Å². The van der Waals surface area contributed by atoms with Gasteiger partial charge >= 0.3 is 5.97 Å². The topological polar surface area (TPSA) is 75.6 Å². The van der Waals surface area contributed by atoms with Crippen molar-refractivity contribution >= 4 is 23.6 Å². The molecule has 0 saturated carbocycles. The third-order valence-electron chi connectivity index (χ3n) is 2.07. The molecular formula is C9H15NO4S. The molecule has 0 radical (unpaired) electrons. The summed E-state index contributed by atoms with van der Waals surface area (Å²) in [4.78, 5) is 21.2. The van der Waals surface area contributed by atoms with E-state index < -0.39 is 12.6 Å². The normalized spacial score (nSPS) is 20.1. The first-order valence-corrected chi connectivity index (χ1v) is 5.98. The lowest BCUT2D eigenvalue weighted by Gasteiger charge is -2.09. The predicted molar refractivity (Wildman–Crippen MR) is 56.9 cm³/mol. The molecule has 2 N–H and O–H groups in total. The van der Waals surface area contributed by atoms with Gasteiger partial charge in [0.1, 0.15) is 13.2 Å². The Bertz CT molecular complexity index is 228. The maximum absolute atomic E-state index is 11.1. The van der Waals surface area contributed by atoms with Gasteiger partial charge in [-0.25, -0.2) is 4.79 Å². The highest BCUT2D eigenvalue weighted by atomic mass is 32.2. The first-order valence-electron chi connectivity index (χ1n) is 4.82. The maximum Gasteiger partial charge on any atom is 0.329 e. The zero-order chi connectivity index (χ0) is 11.1. The highest BCUT2D eigenvalue weighted by Gasteiger charge is 2.16. The van der Waals surface area contributed by atoms with Gasteiger partial charge in [-0.15, -0.1) is 0 Å². The second kappa shape index (κ2) is 6.68. The van der Waals surface area contributed by atoms with E-state index in [2.05, 4.69) is 10.1 Å². The molecule has 1 atom stereocenters. The molecule has 6 heteroatoms. The van der Waals surface area contributed by atoms with Crippen molar-refractivity contribution in [3.8, 4) is 0 Å². The highest BCUT2D eigenvalue weighted by molar-refractivity contribution is 7.99. The van der Waals surface area contributed by atoms with Crippen molar-refractivity contribution in [3.63, 3.8) is 0 Å². The molecule has 0 aromatic heterocycles. The quantitative estimate of drug-likeness (QED) is 0.673. The number of carbonyl (C=O) groups excluding carboxylic acids is 1. The van der Waals surface area contributed by atoms with Gasteiger partial charge in [-0.2, -0.15) is 11.8 Å². The summed E-state index contributed by atoms with van der Waals surface area (Å²) in [7, 11) is 0. The van der Waals surface area contributed by atoms with Gasteiger partial charge < -0.3 is 15.2 Å². The molecule has 86 valence electrons. The lowest BCUT2D eigenvalue weighted by atomic mass is 10.1. The molecule has 1 unspecified atom stereocenters. The van der Waals surface area contributed by atoms with Crippen LogP contribution in [0.25, 0.3) is 0 Å². The Morgan fingerprint density at radius 3 is 2.87 bits per heavy atom. The van der Waals surface area contributed by atoms with E-state index in [0.29, 0.717) is 12.5 Å². The van der Waals surface area contributed by atoms with Crippen molar-refractivity contribution in [2.75, 3.05) is 31.3 Å². The Hall–Kier alpha value is -0.750. The molecule has 0 aromatic rings. The summed E-state index contributed by atoms with van der Waals surface area (Å²) in [5.74, 6) is 1.51. The SMILES string of the molecule is O=C(O)COCC(=O)NCC1CCSC1. The zero-order valence-corrected chi connectivity index (χ0v) is 9.22. The predicted octanol–water partition coefficient (Wildman–Crippen LogP) is -0.0431. The van der Waals surface area contributed by atoms with E-state index in [0.717, 1.165) is 17.9 Å². The Morgan fingerprint density at radius 2 is 2.27 bits per heavy atom. The number of carboxylic acid groups (broad SMARTS) is 1. The third kappa shape index (κ3) is 5.64. The largest absolute Gasteiger partial charge is 0.480 e. The van der Waals surface area contributed by atoms with Gasteiger partial charge in [0.25, 0.3) is 0 Å². The van der Waals surface area contributed by atoms with Crippen molar-refractivity contribution in [1.29, 1.82) is 0 Å². The fourth-order valence-electron chi connectivity index (χ4n) is 1.28. The van der Waals surface area contributed by atoms with Crippen LogP contribution in [0.1, 0.15) is 6.42 Å². The Balaban J connectivity index is 2.00. The van der Waals surface area contributed by atoms with Crippen molar-refractivity contribution < 1.29 is 19.4 Å². The third-order valence-corrected chi connectivity index (χ3v) is 3.30. The first-order chi connectivity index (χ1) is 7.18. The van der Waals surface area contributed by atoms with Crippen LogP contribution < -0.4 is 5.32 Å². The smallest absolute Gasteiger partial charge is 0.329 e. The number of nitrogens with one attached hydrogen (secondary N) is 1. The number of rotatable bonds is 6. The molecule has 0 aliphatic carbocycles. The van der Waals surface area contributed by atoms with Crippen LogP contribution in [-0.4, -0.2) is 48.2 Å². The number of hydrogen-bond acceptors (Lipinski definition) is 4. The van der Waals surface area contributed by atoms with Gasteiger partial charge in [-0.1, -0.05) is 0 Å². The molecule has 1 heterocycles. The van der Waals surface area contributed by atoms with Gasteiger partial charge in [-0.05, 0) is 23.8 Å². The van der Waals surface area contributed by atoms with Crippen LogP contribution >= 0.6 is 11.8 Å². The minimum Gasteiger partial charge on any atom is -0.480 e. The van der Waals surface area contributed by atoms with E-state index in [1.54, 1.807) is 0 Å². The minimum absolute atomic E-state index is 0.174. The second-order valence-corrected chi connectivity index (χ2v) is 4.57. The summed E-state index contributed by atoms with van der Waals surface area (Å²) in [5, 5.41) is 11.0. The molecule has 1 fully saturated rings. The molecule has 15 heavy (non-hydrogen) atoms. The van der Waals surface area contributed by atoms with Crippen molar-refractivity contribution in [2.24, 2.45) is 5.92 Å². The maximum atomic E-state index is 11.1. The molecular weight excluding hydrogens is 218 g/mol. The fourth-order valence-corrected chi connectivity index (χ4v) is 2.57. The summed E-state index contributed by atoms with van der Waals surface area (Å²) in [6, 6.07) is 0. The lowest BCUT2D eigenvalue weighted by Crippen LogP contribution is -2.32. The fraction of sp³-hybridized carbons (Fsp3) is 0.778. The van der Waals surface area contributed by atoms with Crippen molar-refractivity contribution in [1.82, 2.24) is 5.32 Å². The van der Waals surface area contributed by atoms with Crippen LogP contribution in [-0.2, 0) is 14.3 Å². The number of amides is 1. The van der Waals surface area contributed by atoms with Crippen LogP contribution in [0, 0.1) is 5.92 Å². The summed E-state index contributed by atoms with van der Waals surface area (Å²) in [6.07, 6.45) is 1.14.